The molecular formula is C19H22NO4-. The van der Waals surface area contributed by atoms with Crippen LogP contribution >= 0.6 is 0 Å². The third kappa shape index (κ3) is 3.67. The van der Waals surface area contributed by atoms with Crippen LogP contribution in [0.3, 0.4) is 0 Å². The van der Waals surface area contributed by atoms with Crippen molar-refractivity contribution in [2.24, 2.45) is 11.8 Å². The van der Waals surface area contributed by atoms with Crippen LogP contribution in [-0.2, 0) is 0 Å². The van der Waals surface area contributed by atoms with Crippen LogP contribution in [0, 0.1) is 11.8 Å². The van der Waals surface area contributed by atoms with Crippen molar-refractivity contribution in [3.8, 4) is 22.6 Å². The Labute approximate surface area is 141 Å². The molecule has 5 heteroatoms. The van der Waals surface area contributed by atoms with Gasteiger partial charge in [-0.05, 0) is 35.6 Å². The van der Waals surface area contributed by atoms with Crippen molar-refractivity contribution in [1.82, 2.24) is 4.98 Å². The van der Waals surface area contributed by atoms with Crippen molar-refractivity contribution in [3.63, 3.8) is 0 Å². The van der Waals surface area contributed by atoms with E-state index < -0.39 is 17.1 Å². The number of aromatic hydroxyl groups is 1. The molecule has 0 aliphatic carbocycles. The van der Waals surface area contributed by atoms with Gasteiger partial charge in [-0.25, -0.2) is 0 Å². The molecule has 0 radical (unpaired) electrons. The van der Waals surface area contributed by atoms with Crippen molar-refractivity contribution >= 4 is 5.78 Å². The summed E-state index contributed by atoms with van der Waals surface area (Å²) in [6, 6.07) is 6.04. The van der Waals surface area contributed by atoms with E-state index in [2.05, 4.69) is 4.98 Å². The third-order valence-electron chi connectivity index (χ3n) is 4.37. The fourth-order valence-electron chi connectivity index (χ4n) is 2.72. The number of carbonyl (C=O) groups is 1. The van der Waals surface area contributed by atoms with Gasteiger partial charge in [-0.3, -0.25) is 9.59 Å². The van der Waals surface area contributed by atoms with Gasteiger partial charge in [0.05, 0.1) is 5.56 Å². The summed E-state index contributed by atoms with van der Waals surface area (Å²) >= 11 is 0. The number of hydrogen-bond donors (Lipinski definition) is 2. The molecule has 0 saturated carbocycles. The highest BCUT2D eigenvalue weighted by Gasteiger charge is 2.22. The molecule has 5 nitrogen and oxygen atoms in total. The number of H-pyrrole nitrogens is 1. The molecule has 1 heterocycles. The number of Topliss-reactive ketones (excluding diaryl/α,β-unsaturated/α-hetero) is 1. The van der Waals surface area contributed by atoms with Crippen LogP contribution in [0.5, 0.6) is 11.5 Å². The van der Waals surface area contributed by atoms with E-state index in [4.69, 9.17) is 0 Å². The molecule has 0 fully saturated rings. The van der Waals surface area contributed by atoms with Gasteiger partial charge < -0.3 is 15.2 Å². The van der Waals surface area contributed by atoms with Crippen molar-refractivity contribution in [2.75, 3.05) is 0 Å². The number of phenolic OH excluding ortho intramolecular Hbond substituents is 1. The summed E-state index contributed by atoms with van der Waals surface area (Å²) in [6.45, 7) is 5.83. The summed E-state index contributed by atoms with van der Waals surface area (Å²) < 4.78 is 0. The van der Waals surface area contributed by atoms with Crippen LogP contribution in [0.1, 0.15) is 44.0 Å². The highest BCUT2D eigenvalue weighted by molar-refractivity contribution is 6.01. The monoisotopic (exact) mass is 328 g/mol. The van der Waals surface area contributed by atoms with Crippen molar-refractivity contribution in [3.05, 3.63) is 46.4 Å². The van der Waals surface area contributed by atoms with Crippen LogP contribution in [0.2, 0.25) is 0 Å². The van der Waals surface area contributed by atoms with Crippen LogP contribution in [-0.4, -0.2) is 15.9 Å². The average molecular weight is 328 g/mol. The fraction of sp³-hybridized carbons (Fsp3) is 0.368. The highest BCUT2D eigenvalue weighted by atomic mass is 16.3. The maximum atomic E-state index is 12.7. The predicted molar refractivity (Wildman–Crippen MR) is 91.2 cm³/mol. The Bertz CT molecular complexity index is 777. The fourth-order valence-corrected chi connectivity index (χ4v) is 2.72. The lowest BCUT2D eigenvalue weighted by Crippen LogP contribution is -2.26. The summed E-state index contributed by atoms with van der Waals surface area (Å²) in [5.74, 6) is -0.941. The topological polar surface area (TPSA) is 93.2 Å². The van der Waals surface area contributed by atoms with Crippen molar-refractivity contribution in [1.29, 1.82) is 0 Å². The number of ketones is 1. The van der Waals surface area contributed by atoms with Gasteiger partial charge in [-0.2, -0.15) is 0 Å². The van der Waals surface area contributed by atoms with Gasteiger partial charge in [0.15, 0.2) is 5.78 Å². The molecule has 1 aromatic heterocycles. The average Bonchev–Trinajstić information content (AvgIpc) is 2.55. The number of hydrogen-bond acceptors (Lipinski definition) is 4. The zero-order chi connectivity index (χ0) is 17.9. The minimum absolute atomic E-state index is 0.0779. The number of pyridine rings is 1. The highest BCUT2D eigenvalue weighted by Crippen LogP contribution is 2.30. The van der Waals surface area contributed by atoms with Crippen LogP contribution in [0.15, 0.2) is 35.3 Å². The third-order valence-corrected chi connectivity index (χ3v) is 4.37. The molecule has 0 aliphatic rings. The molecule has 0 spiro atoms. The molecule has 1 aromatic carbocycles. The zero-order valence-corrected chi connectivity index (χ0v) is 14.1. The van der Waals surface area contributed by atoms with Gasteiger partial charge >= 0.3 is 0 Å². The van der Waals surface area contributed by atoms with Crippen molar-refractivity contribution < 1.29 is 15.0 Å². The van der Waals surface area contributed by atoms with E-state index in [1.54, 1.807) is 19.1 Å². The molecule has 0 bridgehead atoms. The Hall–Kier alpha value is -2.56. The van der Waals surface area contributed by atoms with E-state index in [9.17, 15) is 19.8 Å². The molecule has 0 amide bonds. The SMILES string of the molecule is CC[C@H](C)C[C@H](C)C(=O)c1c([O-])c(-c2ccc(O)cc2)c[nH]c1=O. The first kappa shape index (κ1) is 17.8. The van der Waals surface area contributed by atoms with Gasteiger partial charge in [0.2, 0.25) is 0 Å². The number of aromatic amines is 1. The normalized spacial score (nSPS) is 13.5. The van der Waals surface area contributed by atoms with Gasteiger partial charge in [0.1, 0.15) is 5.75 Å². The smallest absolute Gasteiger partial charge is 0.258 e. The minimum atomic E-state index is -0.650. The maximum absolute atomic E-state index is 12.7. The lowest BCUT2D eigenvalue weighted by atomic mass is 9.88. The van der Waals surface area contributed by atoms with Gasteiger partial charge in [-0.15, -0.1) is 0 Å². The molecule has 24 heavy (non-hydrogen) atoms. The Morgan fingerprint density at radius 1 is 1.25 bits per heavy atom. The lowest BCUT2D eigenvalue weighted by molar-refractivity contribution is -0.267. The van der Waals surface area contributed by atoms with E-state index in [0.717, 1.165) is 6.42 Å². The van der Waals surface area contributed by atoms with Crippen LogP contribution < -0.4 is 10.7 Å². The first-order valence-corrected chi connectivity index (χ1v) is 8.11. The summed E-state index contributed by atoms with van der Waals surface area (Å²) in [6.07, 6.45) is 2.89. The molecule has 0 aliphatic heterocycles. The van der Waals surface area contributed by atoms with E-state index >= 15 is 0 Å². The van der Waals surface area contributed by atoms with Crippen LogP contribution in [0.25, 0.3) is 11.1 Å². The van der Waals surface area contributed by atoms with Crippen molar-refractivity contribution in [2.45, 2.75) is 33.6 Å². The summed E-state index contributed by atoms with van der Waals surface area (Å²) in [5, 5.41) is 22.0. The Kier molecular flexibility index (Phi) is 5.44. The van der Waals surface area contributed by atoms with E-state index in [-0.39, 0.29) is 22.8 Å². The first-order chi connectivity index (χ1) is 11.3. The second kappa shape index (κ2) is 7.34. The summed E-state index contributed by atoms with van der Waals surface area (Å²) in [7, 11) is 0. The molecular weight excluding hydrogens is 306 g/mol. The van der Waals surface area contributed by atoms with E-state index in [1.165, 1.54) is 18.3 Å². The maximum Gasteiger partial charge on any atom is 0.258 e. The minimum Gasteiger partial charge on any atom is -0.871 e. The second-order valence-corrected chi connectivity index (χ2v) is 6.30. The standard InChI is InChI=1S/C19H23NO4/c1-4-11(2)9-12(3)17(22)16-18(23)15(10-20-19(16)24)13-5-7-14(21)8-6-13/h5-8,10-12,21H,4,9H2,1-3H3,(H2,20,23,24)/p-1/t11-,12-/m0/s1. The molecule has 0 unspecified atom stereocenters. The Morgan fingerprint density at radius 2 is 1.88 bits per heavy atom. The summed E-state index contributed by atoms with van der Waals surface area (Å²) in [4.78, 5) is 27.2. The second-order valence-electron chi connectivity index (χ2n) is 6.30. The summed E-state index contributed by atoms with van der Waals surface area (Å²) in [5.41, 5.74) is -0.175. The molecule has 128 valence electrons. The quantitative estimate of drug-likeness (QED) is 0.797. The zero-order valence-electron chi connectivity index (χ0n) is 14.1. The number of rotatable bonds is 6. The number of carbonyl (C=O) groups excluding carboxylic acids is 1. The van der Waals surface area contributed by atoms with E-state index in [1.807, 2.05) is 13.8 Å². The molecule has 2 rings (SSSR count). The molecule has 2 aromatic rings. The van der Waals surface area contributed by atoms with Gasteiger partial charge in [0.25, 0.3) is 5.56 Å². The van der Waals surface area contributed by atoms with E-state index in [0.29, 0.717) is 17.9 Å². The van der Waals surface area contributed by atoms with Gasteiger partial charge in [-0.1, -0.05) is 45.1 Å². The van der Waals surface area contributed by atoms with Gasteiger partial charge in [0, 0.05) is 12.1 Å². The molecule has 2 atom stereocenters. The number of benzene rings is 1. The van der Waals surface area contributed by atoms with Crippen LogP contribution in [0.4, 0.5) is 0 Å². The predicted octanol–water partition coefficient (Wildman–Crippen LogP) is 3.08. The molecule has 2 N–H and O–H groups in total. The Balaban J connectivity index is 2.44. The number of phenols is 1. The Morgan fingerprint density at radius 3 is 2.46 bits per heavy atom. The number of aromatic nitrogens is 1. The number of nitrogens with one attached hydrogen (secondary N) is 1. The largest absolute Gasteiger partial charge is 0.871 e. The molecule has 0 saturated heterocycles. The first-order valence-electron chi connectivity index (χ1n) is 8.11. The lowest BCUT2D eigenvalue weighted by Gasteiger charge is -2.20.